The zero-order valence-electron chi connectivity index (χ0n) is 12.6. The SMILES string of the molecule is CCOC(=O)CN1C(=O)CC(Cc2cccc(Cl)c2C)C1=O. The smallest absolute Gasteiger partial charge is 0.326 e. The van der Waals surface area contributed by atoms with Crippen LogP contribution in [0.25, 0.3) is 0 Å². The third-order valence-corrected chi connectivity index (χ3v) is 4.19. The van der Waals surface area contributed by atoms with Gasteiger partial charge in [-0.3, -0.25) is 19.3 Å². The van der Waals surface area contributed by atoms with Gasteiger partial charge in [-0.15, -0.1) is 0 Å². The van der Waals surface area contributed by atoms with Gasteiger partial charge in [0.05, 0.1) is 12.5 Å². The van der Waals surface area contributed by atoms with Crippen molar-refractivity contribution in [2.45, 2.75) is 26.7 Å². The van der Waals surface area contributed by atoms with E-state index in [1.54, 1.807) is 13.0 Å². The molecule has 0 spiro atoms. The van der Waals surface area contributed by atoms with E-state index in [2.05, 4.69) is 0 Å². The van der Waals surface area contributed by atoms with Gasteiger partial charge in [-0.2, -0.15) is 0 Å². The molecule has 1 aliphatic rings. The molecular formula is C16H18ClNO4. The molecule has 1 heterocycles. The quantitative estimate of drug-likeness (QED) is 0.615. The van der Waals surface area contributed by atoms with E-state index in [0.717, 1.165) is 16.0 Å². The summed E-state index contributed by atoms with van der Waals surface area (Å²) >= 11 is 6.07. The lowest BCUT2D eigenvalue weighted by molar-refractivity contribution is -0.152. The highest BCUT2D eigenvalue weighted by Crippen LogP contribution is 2.27. The number of nitrogens with zero attached hydrogens (tertiary/aromatic N) is 1. The Morgan fingerprint density at radius 1 is 1.41 bits per heavy atom. The number of ether oxygens (including phenoxy) is 1. The molecule has 0 bridgehead atoms. The van der Waals surface area contributed by atoms with Crippen molar-refractivity contribution in [3.63, 3.8) is 0 Å². The topological polar surface area (TPSA) is 63.7 Å². The number of imide groups is 1. The molecule has 118 valence electrons. The molecule has 1 fully saturated rings. The van der Waals surface area contributed by atoms with Crippen molar-refractivity contribution in [2.24, 2.45) is 5.92 Å². The highest BCUT2D eigenvalue weighted by molar-refractivity contribution is 6.31. The Kier molecular flexibility index (Phi) is 5.19. The maximum Gasteiger partial charge on any atom is 0.326 e. The summed E-state index contributed by atoms with van der Waals surface area (Å²) in [5, 5.41) is 0.637. The lowest BCUT2D eigenvalue weighted by Crippen LogP contribution is -2.36. The minimum atomic E-state index is -0.566. The van der Waals surface area contributed by atoms with E-state index < -0.39 is 11.9 Å². The summed E-state index contributed by atoms with van der Waals surface area (Å²) in [6.45, 7) is 3.47. The van der Waals surface area contributed by atoms with E-state index in [1.807, 2.05) is 19.1 Å². The number of esters is 1. The second kappa shape index (κ2) is 6.92. The average Bonchev–Trinajstić information content (AvgIpc) is 2.72. The van der Waals surface area contributed by atoms with E-state index >= 15 is 0 Å². The molecule has 22 heavy (non-hydrogen) atoms. The fourth-order valence-corrected chi connectivity index (χ4v) is 2.75. The van der Waals surface area contributed by atoms with Crippen molar-refractivity contribution in [3.05, 3.63) is 34.3 Å². The van der Waals surface area contributed by atoms with Gasteiger partial charge in [0.15, 0.2) is 0 Å². The van der Waals surface area contributed by atoms with Crippen LogP contribution in [0.3, 0.4) is 0 Å². The van der Waals surface area contributed by atoms with Gasteiger partial charge in [0.1, 0.15) is 6.54 Å². The van der Waals surface area contributed by atoms with Crippen LogP contribution < -0.4 is 0 Å². The number of carbonyl (C=O) groups excluding carboxylic acids is 3. The molecule has 6 heteroatoms. The number of likely N-dealkylation sites (tertiary alicyclic amines) is 1. The zero-order valence-corrected chi connectivity index (χ0v) is 13.4. The first-order chi connectivity index (χ1) is 10.4. The summed E-state index contributed by atoms with van der Waals surface area (Å²) in [4.78, 5) is 36.7. The zero-order chi connectivity index (χ0) is 16.3. The van der Waals surface area contributed by atoms with Crippen LogP contribution >= 0.6 is 11.6 Å². The molecule has 1 aromatic carbocycles. The molecule has 0 aliphatic carbocycles. The predicted octanol–water partition coefficient (Wildman–Crippen LogP) is 2.13. The summed E-state index contributed by atoms with van der Waals surface area (Å²) in [6, 6.07) is 5.50. The maximum absolute atomic E-state index is 12.3. The van der Waals surface area contributed by atoms with Gasteiger partial charge < -0.3 is 4.74 Å². The van der Waals surface area contributed by atoms with Crippen LogP contribution in [0.4, 0.5) is 0 Å². The molecule has 2 rings (SSSR count). The van der Waals surface area contributed by atoms with E-state index in [1.165, 1.54) is 0 Å². The van der Waals surface area contributed by atoms with Crippen LogP contribution in [-0.2, 0) is 25.5 Å². The van der Waals surface area contributed by atoms with Crippen molar-refractivity contribution < 1.29 is 19.1 Å². The van der Waals surface area contributed by atoms with Crippen molar-refractivity contribution in [1.82, 2.24) is 4.90 Å². The van der Waals surface area contributed by atoms with Gasteiger partial charge >= 0.3 is 5.97 Å². The lowest BCUT2D eigenvalue weighted by atomic mass is 9.95. The number of benzene rings is 1. The van der Waals surface area contributed by atoms with Gasteiger partial charge in [0.25, 0.3) is 0 Å². The number of amides is 2. The second-order valence-electron chi connectivity index (χ2n) is 5.25. The minimum absolute atomic E-state index is 0.115. The molecule has 0 radical (unpaired) electrons. The molecule has 1 saturated heterocycles. The van der Waals surface area contributed by atoms with Crippen LogP contribution in [0.5, 0.6) is 0 Å². The standard InChI is InChI=1S/C16H18ClNO4/c1-3-22-15(20)9-18-14(19)8-12(16(18)21)7-11-5-4-6-13(17)10(11)2/h4-6,12H,3,7-9H2,1-2H3. The molecule has 0 saturated carbocycles. The Bertz CT molecular complexity index is 614. The summed E-state index contributed by atoms with van der Waals surface area (Å²) < 4.78 is 4.79. The Morgan fingerprint density at radius 3 is 2.82 bits per heavy atom. The first-order valence-electron chi connectivity index (χ1n) is 7.17. The lowest BCUT2D eigenvalue weighted by Gasteiger charge is -2.14. The van der Waals surface area contributed by atoms with Crippen LogP contribution in [0, 0.1) is 12.8 Å². The van der Waals surface area contributed by atoms with E-state index in [4.69, 9.17) is 16.3 Å². The van der Waals surface area contributed by atoms with Crippen LogP contribution in [-0.4, -0.2) is 35.8 Å². The predicted molar refractivity (Wildman–Crippen MR) is 81.4 cm³/mol. The van der Waals surface area contributed by atoms with Crippen molar-refractivity contribution in [1.29, 1.82) is 0 Å². The van der Waals surface area contributed by atoms with E-state index in [0.29, 0.717) is 11.4 Å². The highest BCUT2D eigenvalue weighted by Gasteiger charge is 2.39. The normalized spacial score (nSPS) is 18.0. The second-order valence-corrected chi connectivity index (χ2v) is 5.66. The summed E-state index contributed by atoms with van der Waals surface area (Å²) in [5.74, 6) is -1.66. The highest BCUT2D eigenvalue weighted by atomic mass is 35.5. The average molecular weight is 324 g/mol. The molecule has 1 aromatic rings. The largest absolute Gasteiger partial charge is 0.465 e. The number of hydrogen-bond donors (Lipinski definition) is 0. The third-order valence-electron chi connectivity index (χ3n) is 3.78. The maximum atomic E-state index is 12.3. The molecule has 5 nitrogen and oxygen atoms in total. The molecular weight excluding hydrogens is 306 g/mol. The van der Waals surface area contributed by atoms with Gasteiger partial charge in [0, 0.05) is 11.4 Å². The van der Waals surface area contributed by atoms with Crippen molar-refractivity contribution in [3.8, 4) is 0 Å². The number of rotatable bonds is 5. The Labute approximate surface area is 134 Å². The van der Waals surface area contributed by atoms with E-state index in [9.17, 15) is 14.4 Å². The van der Waals surface area contributed by atoms with E-state index in [-0.39, 0.29) is 31.4 Å². The minimum Gasteiger partial charge on any atom is -0.465 e. The molecule has 1 unspecified atom stereocenters. The third kappa shape index (κ3) is 3.47. The summed E-state index contributed by atoms with van der Waals surface area (Å²) in [7, 11) is 0. The van der Waals surface area contributed by atoms with Crippen LogP contribution in [0.2, 0.25) is 5.02 Å². The fourth-order valence-electron chi connectivity index (χ4n) is 2.55. The molecule has 0 N–H and O–H groups in total. The summed E-state index contributed by atoms with van der Waals surface area (Å²) in [5.41, 5.74) is 1.85. The Morgan fingerprint density at radius 2 is 2.14 bits per heavy atom. The number of halogens is 1. The van der Waals surface area contributed by atoms with Gasteiger partial charge in [-0.25, -0.2) is 0 Å². The Hall–Kier alpha value is -1.88. The molecule has 1 aliphatic heterocycles. The van der Waals surface area contributed by atoms with Crippen molar-refractivity contribution >= 4 is 29.4 Å². The Balaban J connectivity index is 2.08. The first kappa shape index (κ1) is 16.5. The fraction of sp³-hybridized carbons (Fsp3) is 0.438. The number of carbonyl (C=O) groups is 3. The van der Waals surface area contributed by atoms with Crippen LogP contribution in [0.15, 0.2) is 18.2 Å². The molecule has 2 amide bonds. The first-order valence-corrected chi connectivity index (χ1v) is 7.55. The van der Waals surface area contributed by atoms with Crippen LogP contribution in [0.1, 0.15) is 24.5 Å². The van der Waals surface area contributed by atoms with Gasteiger partial charge in [-0.1, -0.05) is 23.7 Å². The molecule has 0 aromatic heterocycles. The summed E-state index contributed by atoms with van der Waals surface area (Å²) in [6.07, 6.45) is 0.556. The monoisotopic (exact) mass is 323 g/mol. The van der Waals surface area contributed by atoms with Gasteiger partial charge in [-0.05, 0) is 37.5 Å². The molecule has 1 atom stereocenters. The van der Waals surface area contributed by atoms with Crippen molar-refractivity contribution in [2.75, 3.05) is 13.2 Å². The van der Waals surface area contributed by atoms with Gasteiger partial charge in [0.2, 0.25) is 11.8 Å². The number of hydrogen-bond acceptors (Lipinski definition) is 4.